The Morgan fingerprint density at radius 1 is 1.15 bits per heavy atom. The fraction of sp³-hybridized carbons (Fsp3) is 0.619. The van der Waals surface area contributed by atoms with Crippen LogP contribution in [0, 0.1) is 0 Å². The fourth-order valence-electron chi connectivity index (χ4n) is 3.96. The number of benzene rings is 1. The number of likely N-dealkylation sites (tertiary alicyclic amines) is 1. The molecule has 1 atom stereocenters. The first-order valence-corrected chi connectivity index (χ1v) is 10.0. The third kappa shape index (κ3) is 5.07. The number of nitrogens with one attached hydrogen (secondary N) is 1. The molecular weight excluding hydrogens is 326 g/mol. The lowest BCUT2D eigenvalue weighted by Gasteiger charge is -2.33. The monoisotopic (exact) mass is 357 g/mol. The number of carbonyl (C=O) groups excluding carboxylic acids is 2. The maximum atomic E-state index is 12.1. The summed E-state index contributed by atoms with van der Waals surface area (Å²) < 4.78 is 0. The third-order valence-corrected chi connectivity index (χ3v) is 5.57. The molecule has 2 aliphatic rings. The van der Waals surface area contributed by atoms with Gasteiger partial charge in [-0.25, -0.2) is 0 Å². The van der Waals surface area contributed by atoms with Crippen molar-refractivity contribution in [2.24, 2.45) is 0 Å². The number of anilines is 1. The summed E-state index contributed by atoms with van der Waals surface area (Å²) in [7, 11) is 0. The van der Waals surface area contributed by atoms with Crippen LogP contribution in [-0.4, -0.2) is 48.9 Å². The van der Waals surface area contributed by atoms with E-state index in [9.17, 15) is 9.59 Å². The molecule has 2 heterocycles. The first-order valence-electron chi connectivity index (χ1n) is 10.0. The Hall–Kier alpha value is -1.88. The quantitative estimate of drug-likeness (QED) is 0.764. The molecule has 2 saturated heterocycles. The highest BCUT2D eigenvalue weighted by atomic mass is 16.2. The molecule has 0 saturated carbocycles. The molecule has 1 aromatic rings. The number of carbonyl (C=O) groups is 2. The zero-order chi connectivity index (χ0) is 18.4. The molecule has 2 aliphatic heterocycles. The molecule has 5 heteroatoms. The summed E-state index contributed by atoms with van der Waals surface area (Å²) in [4.78, 5) is 28.3. The maximum absolute atomic E-state index is 12.1. The molecule has 142 valence electrons. The number of hydrogen-bond donors (Lipinski definition) is 1. The molecule has 1 N–H and O–H groups in total. The average Bonchev–Trinajstić information content (AvgIpc) is 3.07. The van der Waals surface area contributed by atoms with Gasteiger partial charge in [0.05, 0.1) is 6.42 Å². The smallest absolute Gasteiger partial charge is 0.227 e. The second kappa shape index (κ2) is 9.17. The summed E-state index contributed by atoms with van der Waals surface area (Å²) in [5, 5.41) is 3.03. The van der Waals surface area contributed by atoms with Gasteiger partial charge in [0.2, 0.25) is 11.8 Å². The Balaban J connectivity index is 1.37. The number of nitrogens with zero attached hydrogens (tertiary/aromatic N) is 2. The van der Waals surface area contributed by atoms with Crippen LogP contribution < -0.4 is 10.2 Å². The lowest BCUT2D eigenvalue weighted by Crippen LogP contribution is -2.39. The molecule has 0 spiro atoms. The van der Waals surface area contributed by atoms with Crippen molar-refractivity contribution < 1.29 is 9.59 Å². The van der Waals surface area contributed by atoms with E-state index in [1.807, 2.05) is 29.2 Å². The van der Waals surface area contributed by atoms with Crippen LogP contribution in [0.15, 0.2) is 24.3 Å². The predicted molar refractivity (Wildman–Crippen MR) is 104 cm³/mol. The Morgan fingerprint density at radius 2 is 1.96 bits per heavy atom. The van der Waals surface area contributed by atoms with Gasteiger partial charge in [0.1, 0.15) is 0 Å². The van der Waals surface area contributed by atoms with Crippen molar-refractivity contribution in [3.63, 3.8) is 0 Å². The van der Waals surface area contributed by atoms with E-state index >= 15 is 0 Å². The average molecular weight is 357 g/mol. The lowest BCUT2D eigenvalue weighted by atomic mass is 10.0. The van der Waals surface area contributed by atoms with Gasteiger partial charge in [-0.2, -0.15) is 0 Å². The van der Waals surface area contributed by atoms with Gasteiger partial charge in [0.15, 0.2) is 0 Å². The molecule has 2 fully saturated rings. The van der Waals surface area contributed by atoms with E-state index in [1.54, 1.807) is 0 Å². The second-order valence-electron chi connectivity index (χ2n) is 7.58. The minimum atomic E-state index is 0.0710. The summed E-state index contributed by atoms with van der Waals surface area (Å²) in [6.45, 7) is 6.11. The SMILES string of the molecule is C[C@@H]1CCCCN1CCCNC(=O)Cc1ccc(N2CCCC2=O)cc1. The van der Waals surface area contributed by atoms with Crippen molar-refractivity contribution in [2.45, 2.75) is 57.9 Å². The van der Waals surface area contributed by atoms with Crippen molar-refractivity contribution in [1.82, 2.24) is 10.2 Å². The molecule has 0 unspecified atom stereocenters. The summed E-state index contributed by atoms with van der Waals surface area (Å²) in [6.07, 6.45) is 6.92. The van der Waals surface area contributed by atoms with Gasteiger partial charge in [-0.1, -0.05) is 18.6 Å². The molecule has 5 nitrogen and oxygen atoms in total. The fourth-order valence-corrected chi connectivity index (χ4v) is 3.96. The van der Waals surface area contributed by atoms with E-state index in [0.29, 0.717) is 18.9 Å². The van der Waals surface area contributed by atoms with E-state index in [1.165, 1.54) is 25.8 Å². The summed E-state index contributed by atoms with van der Waals surface area (Å²) >= 11 is 0. The second-order valence-corrected chi connectivity index (χ2v) is 7.58. The minimum absolute atomic E-state index is 0.0710. The number of hydrogen-bond acceptors (Lipinski definition) is 3. The Bertz CT molecular complexity index is 614. The predicted octanol–water partition coefficient (Wildman–Crippen LogP) is 2.74. The van der Waals surface area contributed by atoms with E-state index in [4.69, 9.17) is 0 Å². The summed E-state index contributed by atoms with van der Waals surface area (Å²) in [6, 6.07) is 8.49. The molecule has 3 rings (SSSR count). The Kier molecular flexibility index (Phi) is 6.67. The molecule has 0 bridgehead atoms. The molecule has 0 radical (unpaired) electrons. The van der Waals surface area contributed by atoms with Crippen LogP contribution in [0.3, 0.4) is 0 Å². The number of piperidine rings is 1. The van der Waals surface area contributed by atoms with E-state index in [-0.39, 0.29) is 11.8 Å². The van der Waals surface area contributed by atoms with Gasteiger partial charge < -0.3 is 15.1 Å². The van der Waals surface area contributed by atoms with E-state index in [0.717, 1.165) is 43.7 Å². The first-order chi connectivity index (χ1) is 12.6. The number of rotatable bonds is 7. The van der Waals surface area contributed by atoms with Crippen LogP contribution >= 0.6 is 0 Å². The van der Waals surface area contributed by atoms with Crippen molar-refractivity contribution in [1.29, 1.82) is 0 Å². The highest BCUT2D eigenvalue weighted by molar-refractivity contribution is 5.95. The van der Waals surface area contributed by atoms with Gasteiger partial charge in [-0.05, 0) is 56.8 Å². The van der Waals surface area contributed by atoms with Crippen molar-refractivity contribution in [2.75, 3.05) is 31.1 Å². The molecule has 0 aromatic heterocycles. The van der Waals surface area contributed by atoms with Crippen molar-refractivity contribution >= 4 is 17.5 Å². The zero-order valence-electron chi connectivity index (χ0n) is 15.9. The highest BCUT2D eigenvalue weighted by Crippen LogP contribution is 2.21. The summed E-state index contributed by atoms with van der Waals surface area (Å²) in [5.74, 6) is 0.264. The van der Waals surface area contributed by atoms with Crippen LogP contribution in [0.4, 0.5) is 5.69 Å². The van der Waals surface area contributed by atoms with Crippen molar-refractivity contribution in [3.8, 4) is 0 Å². The largest absolute Gasteiger partial charge is 0.356 e. The van der Waals surface area contributed by atoms with E-state index < -0.39 is 0 Å². The van der Waals surface area contributed by atoms with Gasteiger partial charge in [-0.15, -0.1) is 0 Å². The molecule has 1 aromatic carbocycles. The molecule has 2 amide bonds. The van der Waals surface area contributed by atoms with Gasteiger partial charge in [0.25, 0.3) is 0 Å². The lowest BCUT2D eigenvalue weighted by molar-refractivity contribution is -0.120. The molecule has 0 aliphatic carbocycles. The van der Waals surface area contributed by atoms with Crippen LogP contribution in [0.1, 0.15) is 51.0 Å². The van der Waals surface area contributed by atoms with E-state index in [2.05, 4.69) is 17.1 Å². The van der Waals surface area contributed by atoms with Gasteiger partial charge >= 0.3 is 0 Å². The standard InChI is InChI=1S/C21H31N3O2/c1-17-6-2-3-13-23(17)14-5-12-22-20(25)16-18-8-10-19(11-9-18)24-15-4-7-21(24)26/h8-11,17H,2-7,12-16H2,1H3,(H,22,25)/t17-/m1/s1. The third-order valence-electron chi connectivity index (χ3n) is 5.57. The van der Waals surface area contributed by atoms with Crippen LogP contribution in [0.5, 0.6) is 0 Å². The molecule has 26 heavy (non-hydrogen) atoms. The maximum Gasteiger partial charge on any atom is 0.227 e. The minimum Gasteiger partial charge on any atom is -0.356 e. The first kappa shape index (κ1) is 18.9. The Morgan fingerprint density at radius 3 is 2.65 bits per heavy atom. The van der Waals surface area contributed by atoms with Crippen LogP contribution in [-0.2, 0) is 16.0 Å². The Labute approximate surface area is 156 Å². The van der Waals surface area contributed by atoms with Crippen molar-refractivity contribution in [3.05, 3.63) is 29.8 Å². The van der Waals surface area contributed by atoms with Crippen LogP contribution in [0.25, 0.3) is 0 Å². The van der Waals surface area contributed by atoms with Gasteiger partial charge in [-0.3, -0.25) is 9.59 Å². The highest BCUT2D eigenvalue weighted by Gasteiger charge is 2.21. The number of amides is 2. The molecular formula is C21H31N3O2. The van der Waals surface area contributed by atoms with Gasteiger partial charge in [0, 0.05) is 37.8 Å². The summed E-state index contributed by atoms with van der Waals surface area (Å²) in [5.41, 5.74) is 1.93. The normalized spacial score (nSPS) is 21.2. The topological polar surface area (TPSA) is 52.7 Å². The van der Waals surface area contributed by atoms with Crippen LogP contribution in [0.2, 0.25) is 0 Å². The zero-order valence-corrected chi connectivity index (χ0v) is 15.9.